The van der Waals surface area contributed by atoms with Crippen LogP contribution >= 0.6 is 11.6 Å². The van der Waals surface area contributed by atoms with Crippen LogP contribution in [0.25, 0.3) is 0 Å². The van der Waals surface area contributed by atoms with Gasteiger partial charge in [-0.15, -0.1) is 0 Å². The molecule has 2 aromatic carbocycles. The Labute approximate surface area is 173 Å². The molecule has 0 bridgehead atoms. The maximum absolute atomic E-state index is 13.9. The molecule has 0 amide bonds. The van der Waals surface area contributed by atoms with Crippen LogP contribution in [0.15, 0.2) is 47.6 Å². The maximum atomic E-state index is 13.9. The average molecular weight is 429 g/mol. The highest BCUT2D eigenvalue weighted by atomic mass is 35.5. The number of hydrogen-bond acceptors (Lipinski definition) is 4. The van der Waals surface area contributed by atoms with Gasteiger partial charge in [-0.1, -0.05) is 37.9 Å². The Kier molecular flexibility index (Phi) is 7.54. The highest BCUT2D eigenvalue weighted by molar-refractivity contribution is 6.30. The Balaban J connectivity index is 2.50. The molecule has 0 aliphatic heterocycles. The predicted octanol–water partition coefficient (Wildman–Crippen LogP) is 5.98. The van der Waals surface area contributed by atoms with Gasteiger partial charge in [0.25, 0.3) is 0 Å². The molecule has 0 heterocycles. The van der Waals surface area contributed by atoms with E-state index >= 15 is 0 Å². The minimum absolute atomic E-state index is 0.00874. The molecule has 2 atom stereocenters. The van der Waals surface area contributed by atoms with Crippen molar-refractivity contribution in [2.75, 3.05) is 6.54 Å². The van der Waals surface area contributed by atoms with E-state index in [1.807, 2.05) is 6.92 Å². The van der Waals surface area contributed by atoms with Gasteiger partial charge < -0.3 is 15.3 Å². The van der Waals surface area contributed by atoms with Crippen LogP contribution in [0.3, 0.4) is 0 Å². The SMILES string of the molecule is C/C=N\NCC(O)(c1ccc(Oc2ccc(Cl)cc2)cc1C(F)(F)F)C(C)CC. The highest BCUT2D eigenvalue weighted by Crippen LogP contribution is 2.42. The fraction of sp³-hybridized carbons (Fsp3) is 0.381. The van der Waals surface area contributed by atoms with Crippen molar-refractivity contribution in [2.45, 2.75) is 39.0 Å². The quantitative estimate of drug-likeness (QED) is 0.401. The van der Waals surface area contributed by atoms with Gasteiger partial charge >= 0.3 is 6.18 Å². The third-order valence-corrected chi connectivity index (χ3v) is 5.06. The third-order valence-electron chi connectivity index (χ3n) is 4.81. The summed E-state index contributed by atoms with van der Waals surface area (Å²) in [5.41, 5.74) is -0.307. The number of aliphatic hydroxyl groups is 1. The molecule has 0 spiro atoms. The molecule has 0 saturated heterocycles. The zero-order chi connectivity index (χ0) is 21.7. The first kappa shape index (κ1) is 23.0. The van der Waals surface area contributed by atoms with Crippen molar-refractivity contribution in [3.8, 4) is 11.5 Å². The topological polar surface area (TPSA) is 53.9 Å². The van der Waals surface area contributed by atoms with E-state index in [9.17, 15) is 18.3 Å². The highest BCUT2D eigenvalue weighted by Gasteiger charge is 2.43. The van der Waals surface area contributed by atoms with E-state index in [0.29, 0.717) is 17.2 Å². The lowest BCUT2D eigenvalue weighted by Crippen LogP contribution is -2.43. The first-order chi connectivity index (χ1) is 13.6. The van der Waals surface area contributed by atoms with Crippen LogP contribution in [0.2, 0.25) is 5.02 Å². The molecule has 0 saturated carbocycles. The van der Waals surface area contributed by atoms with E-state index < -0.39 is 23.3 Å². The molecule has 0 fully saturated rings. The molecule has 0 aliphatic rings. The number of benzene rings is 2. The number of alkyl halides is 3. The fourth-order valence-electron chi connectivity index (χ4n) is 2.97. The minimum atomic E-state index is -4.68. The maximum Gasteiger partial charge on any atom is 0.416 e. The first-order valence-corrected chi connectivity index (χ1v) is 9.57. The van der Waals surface area contributed by atoms with Crippen LogP contribution in [0, 0.1) is 5.92 Å². The van der Waals surface area contributed by atoms with Crippen LogP contribution in [0.1, 0.15) is 38.3 Å². The molecule has 2 N–H and O–H groups in total. The monoisotopic (exact) mass is 428 g/mol. The number of hydrogen-bond donors (Lipinski definition) is 2. The predicted molar refractivity (Wildman–Crippen MR) is 108 cm³/mol. The zero-order valence-electron chi connectivity index (χ0n) is 16.4. The van der Waals surface area contributed by atoms with Crippen molar-refractivity contribution in [3.63, 3.8) is 0 Å². The van der Waals surface area contributed by atoms with Crippen LogP contribution in [-0.2, 0) is 11.8 Å². The molecular formula is C21H24ClF3N2O2. The number of ether oxygens (including phenoxy) is 1. The number of hydrazone groups is 1. The summed E-state index contributed by atoms with van der Waals surface area (Å²) in [7, 11) is 0. The molecule has 2 unspecified atom stereocenters. The molecule has 0 radical (unpaired) electrons. The van der Waals surface area contributed by atoms with Gasteiger partial charge in [-0.3, -0.25) is 0 Å². The van der Waals surface area contributed by atoms with Crippen LogP contribution in [0.5, 0.6) is 11.5 Å². The first-order valence-electron chi connectivity index (χ1n) is 9.19. The molecular weight excluding hydrogens is 405 g/mol. The van der Waals surface area contributed by atoms with Gasteiger partial charge in [-0.25, -0.2) is 0 Å². The second kappa shape index (κ2) is 9.50. The van der Waals surface area contributed by atoms with Crippen LogP contribution in [0.4, 0.5) is 13.2 Å². The van der Waals surface area contributed by atoms with E-state index in [1.54, 1.807) is 38.1 Å². The number of nitrogens with zero attached hydrogens (tertiary/aromatic N) is 1. The number of rotatable bonds is 8. The van der Waals surface area contributed by atoms with Crippen molar-refractivity contribution >= 4 is 17.8 Å². The molecule has 29 heavy (non-hydrogen) atoms. The summed E-state index contributed by atoms with van der Waals surface area (Å²) in [6.07, 6.45) is -2.73. The summed E-state index contributed by atoms with van der Waals surface area (Å²) < 4.78 is 47.2. The number of halogens is 4. The fourth-order valence-corrected chi connectivity index (χ4v) is 3.09. The second-order valence-corrected chi connectivity index (χ2v) is 7.15. The lowest BCUT2D eigenvalue weighted by molar-refractivity contribution is -0.142. The summed E-state index contributed by atoms with van der Waals surface area (Å²) in [6, 6.07) is 9.86. The standard InChI is InChI=1S/C21H24ClF3N2O2/c1-4-14(3)20(28,13-27-26-5-2)18-11-10-17(12-19(18)21(23,24)25)29-16-8-6-15(22)7-9-16/h5-12,14,27-28H,4,13H2,1-3H3/b26-5-. The van der Waals surface area contributed by atoms with Gasteiger partial charge in [0.2, 0.25) is 0 Å². The van der Waals surface area contributed by atoms with Gasteiger partial charge in [-0.2, -0.15) is 18.3 Å². The molecule has 4 nitrogen and oxygen atoms in total. The summed E-state index contributed by atoms with van der Waals surface area (Å²) in [5, 5.41) is 15.6. The molecule has 2 rings (SSSR count). The van der Waals surface area contributed by atoms with Gasteiger partial charge in [0, 0.05) is 11.2 Å². The smallest absolute Gasteiger partial charge is 0.416 e. The van der Waals surface area contributed by atoms with E-state index in [2.05, 4.69) is 10.5 Å². The van der Waals surface area contributed by atoms with Crippen LogP contribution < -0.4 is 10.2 Å². The summed E-state index contributed by atoms with van der Waals surface area (Å²) >= 11 is 5.82. The van der Waals surface area contributed by atoms with Crippen molar-refractivity contribution in [1.29, 1.82) is 0 Å². The van der Waals surface area contributed by atoms with E-state index in [0.717, 1.165) is 6.07 Å². The largest absolute Gasteiger partial charge is 0.457 e. The van der Waals surface area contributed by atoms with Gasteiger partial charge in [0.1, 0.15) is 17.1 Å². The van der Waals surface area contributed by atoms with Gasteiger partial charge in [0.15, 0.2) is 0 Å². The van der Waals surface area contributed by atoms with Crippen LogP contribution in [-0.4, -0.2) is 17.9 Å². The molecule has 0 aliphatic carbocycles. The normalized spacial score (nSPS) is 15.2. The van der Waals surface area contributed by atoms with Gasteiger partial charge in [0.05, 0.1) is 12.1 Å². The lowest BCUT2D eigenvalue weighted by Gasteiger charge is -2.36. The second-order valence-electron chi connectivity index (χ2n) is 6.72. The molecule has 2 aromatic rings. The number of nitrogens with one attached hydrogen (secondary N) is 1. The summed E-state index contributed by atoms with van der Waals surface area (Å²) in [6.45, 7) is 5.02. The summed E-state index contributed by atoms with van der Waals surface area (Å²) in [4.78, 5) is 0. The van der Waals surface area contributed by atoms with Crippen molar-refractivity contribution in [3.05, 3.63) is 58.6 Å². The Hall–Kier alpha value is -2.25. The Morgan fingerprint density at radius 2 is 1.76 bits per heavy atom. The van der Waals surface area contributed by atoms with E-state index in [4.69, 9.17) is 16.3 Å². The average Bonchev–Trinajstić information content (AvgIpc) is 2.68. The molecule has 0 aromatic heterocycles. The minimum Gasteiger partial charge on any atom is -0.457 e. The summed E-state index contributed by atoms with van der Waals surface area (Å²) in [5.74, 6) is -0.0907. The lowest BCUT2D eigenvalue weighted by atomic mass is 9.78. The van der Waals surface area contributed by atoms with E-state index in [-0.39, 0.29) is 17.9 Å². The Morgan fingerprint density at radius 1 is 1.14 bits per heavy atom. The van der Waals surface area contributed by atoms with E-state index in [1.165, 1.54) is 18.3 Å². The molecule has 8 heteroatoms. The Morgan fingerprint density at radius 3 is 2.31 bits per heavy atom. The molecule has 158 valence electrons. The van der Waals surface area contributed by atoms with Gasteiger partial charge in [-0.05, 0) is 54.8 Å². The third kappa shape index (κ3) is 5.64. The van der Waals surface area contributed by atoms with Crippen molar-refractivity contribution in [1.82, 2.24) is 5.43 Å². The zero-order valence-corrected chi connectivity index (χ0v) is 17.2. The Bertz CT molecular complexity index is 841. The van der Waals surface area contributed by atoms with Crippen molar-refractivity contribution in [2.24, 2.45) is 11.0 Å². The van der Waals surface area contributed by atoms with Crippen molar-refractivity contribution < 1.29 is 23.0 Å².